The average Bonchev–Trinajstić information content (AvgIpc) is 2.78. The topological polar surface area (TPSA) is 57.2 Å². The Balaban J connectivity index is 1.73. The summed E-state index contributed by atoms with van der Waals surface area (Å²) in [7, 11) is 4.89. The Hall–Kier alpha value is -2.73. The van der Waals surface area contributed by atoms with Gasteiger partial charge in [-0.3, -0.25) is 9.69 Å². The van der Waals surface area contributed by atoms with Crippen LogP contribution in [0.15, 0.2) is 36.4 Å². The Morgan fingerprint density at radius 1 is 1.03 bits per heavy atom. The molecular weight excluding hydrogens is 394 g/mol. The number of methoxy groups -OCH3 is 3. The van der Waals surface area contributed by atoms with Crippen LogP contribution in [0.25, 0.3) is 0 Å². The van der Waals surface area contributed by atoms with Gasteiger partial charge in [0.2, 0.25) is 0 Å². The van der Waals surface area contributed by atoms with Gasteiger partial charge in [-0.2, -0.15) is 0 Å². The zero-order chi connectivity index (χ0) is 22.4. The van der Waals surface area contributed by atoms with E-state index >= 15 is 0 Å². The molecule has 0 bridgehead atoms. The summed E-state index contributed by atoms with van der Waals surface area (Å²) in [5, 5.41) is 0. The first-order valence-electron chi connectivity index (χ1n) is 10.8. The number of likely N-dealkylation sites (tertiary alicyclic amines) is 1. The van der Waals surface area contributed by atoms with Crippen molar-refractivity contribution in [3.8, 4) is 23.0 Å². The maximum absolute atomic E-state index is 13.2. The molecule has 1 heterocycles. The summed E-state index contributed by atoms with van der Waals surface area (Å²) in [5.41, 5.74) is 1.73. The van der Waals surface area contributed by atoms with Crippen LogP contribution in [-0.4, -0.2) is 51.2 Å². The van der Waals surface area contributed by atoms with Gasteiger partial charge in [-0.15, -0.1) is 0 Å². The van der Waals surface area contributed by atoms with Crippen LogP contribution >= 0.6 is 0 Å². The lowest BCUT2D eigenvalue weighted by molar-refractivity contribution is 0.0810. The molecule has 2 aromatic rings. The molecule has 0 aromatic heterocycles. The van der Waals surface area contributed by atoms with Gasteiger partial charge in [0.05, 0.1) is 27.4 Å². The number of hydrogen-bond acceptors (Lipinski definition) is 6. The fraction of sp³-hybridized carbons (Fsp3) is 0.480. The zero-order valence-corrected chi connectivity index (χ0v) is 19.1. The first kappa shape index (κ1) is 22.9. The van der Waals surface area contributed by atoms with E-state index in [1.165, 1.54) is 0 Å². The standard InChI is InChI=1S/C25H33NO5/c1-17(2)31-21-10-6-8-18(12-21)25(27)19-9-7-11-26(15-19)16-20-13-23(29-4)24(30-5)14-22(20)28-3/h6,8,10,12-14,17,19H,7,9,11,15-16H2,1-5H3. The maximum atomic E-state index is 13.2. The fourth-order valence-corrected chi connectivity index (χ4v) is 4.10. The SMILES string of the molecule is COc1cc(OC)c(OC)cc1CN1CCCC(C(=O)c2cccc(OC(C)C)c2)C1. The number of rotatable bonds is 9. The molecule has 1 aliphatic rings. The van der Waals surface area contributed by atoms with Crippen molar-refractivity contribution in [1.29, 1.82) is 0 Å². The van der Waals surface area contributed by atoms with E-state index in [2.05, 4.69) is 4.90 Å². The van der Waals surface area contributed by atoms with Crippen molar-refractivity contribution >= 4 is 5.78 Å². The van der Waals surface area contributed by atoms with Crippen molar-refractivity contribution in [2.75, 3.05) is 34.4 Å². The molecule has 0 spiro atoms. The van der Waals surface area contributed by atoms with Gasteiger partial charge in [-0.1, -0.05) is 12.1 Å². The Morgan fingerprint density at radius 2 is 1.74 bits per heavy atom. The largest absolute Gasteiger partial charge is 0.496 e. The van der Waals surface area contributed by atoms with Gasteiger partial charge in [0.1, 0.15) is 11.5 Å². The molecule has 0 amide bonds. The number of Topliss-reactive ketones (excluding diaryl/α,β-unsaturated/α-hetero) is 1. The van der Waals surface area contributed by atoms with E-state index in [-0.39, 0.29) is 17.8 Å². The summed E-state index contributed by atoms with van der Waals surface area (Å²) >= 11 is 0. The normalized spacial score (nSPS) is 16.8. The van der Waals surface area contributed by atoms with Crippen LogP contribution in [0.1, 0.15) is 42.6 Å². The molecular formula is C25H33NO5. The molecule has 6 heteroatoms. The highest BCUT2D eigenvalue weighted by molar-refractivity contribution is 5.98. The summed E-state index contributed by atoms with van der Waals surface area (Å²) < 4.78 is 22.2. The van der Waals surface area contributed by atoms with Crippen LogP contribution < -0.4 is 18.9 Å². The van der Waals surface area contributed by atoms with Gasteiger partial charge in [-0.25, -0.2) is 0 Å². The molecule has 1 unspecified atom stereocenters. The third kappa shape index (κ3) is 5.70. The first-order chi connectivity index (χ1) is 14.9. The number of benzene rings is 2. The predicted octanol–water partition coefficient (Wildman–Crippen LogP) is 4.59. The van der Waals surface area contributed by atoms with E-state index in [0.29, 0.717) is 30.2 Å². The van der Waals surface area contributed by atoms with E-state index in [0.717, 1.165) is 36.4 Å². The molecule has 1 saturated heterocycles. The number of hydrogen-bond donors (Lipinski definition) is 0. The van der Waals surface area contributed by atoms with Crippen LogP contribution in [0.2, 0.25) is 0 Å². The quantitative estimate of drug-likeness (QED) is 0.546. The van der Waals surface area contributed by atoms with Crippen molar-refractivity contribution in [2.24, 2.45) is 5.92 Å². The summed E-state index contributed by atoms with van der Waals surface area (Å²) in [6, 6.07) is 11.3. The lowest BCUT2D eigenvalue weighted by Crippen LogP contribution is -2.38. The fourth-order valence-electron chi connectivity index (χ4n) is 4.10. The first-order valence-corrected chi connectivity index (χ1v) is 10.8. The number of ether oxygens (including phenoxy) is 4. The van der Waals surface area contributed by atoms with E-state index in [1.54, 1.807) is 21.3 Å². The number of carbonyl (C=O) groups is 1. The van der Waals surface area contributed by atoms with Crippen LogP contribution in [-0.2, 0) is 6.54 Å². The van der Waals surface area contributed by atoms with Crippen LogP contribution in [0.3, 0.4) is 0 Å². The van der Waals surface area contributed by atoms with Gasteiger partial charge < -0.3 is 18.9 Å². The molecule has 31 heavy (non-hydrogen) atoms. The minimum absolute atomic E-state index is 0.0332. The molecule has 0 radical (unpaired) electrons. The number of piperidine rings is 1. The van der Waals surface area contributed by atoms with Crippen molar-refractivity contribution in [1.82, 2.24) is 4.90 Å². The van der Waals surface area contributed by atoms with E-state index in [1.807, 2.05) is 50.2 Å². The van der Waals surface area contributed by atoms with Crippen LogP contribution in [0, 0.1) is 5.92 Å². The second kappa shape index (κ2) is 10.5. The van der Waals surface area contributed by atoms with Gasteiger partial charge in [0.15, 0.2) is 17.3 Å². The second-order valence-corrected chi connectivity index (χ2v) is 8.15. The third-order valence-electron chi connectivity index (χ3n) is 5.55. The molecule has 0 saturated carbocycles. The molecule has 2 aromatic carbocycles. The molecule has 1 aliphatic heterocycles. The van der Waals surface area contributed by atoms with Gasteiger partial charge >= 0.3 is 0 Å². The molecule has 1 fully saturated rings. The Bertz CT molecular complexity index is 895. The Kier molecular flexibility index (Phi) is 7.80. The van der Waals surface area contributed by atoms with Crippen molar-refractivity contribution in [3.63, 3.8) is 0 Å². The zero-order valence-electron chi connectivity index (χ0n) is 19.1. The average molecular weight is 428 g/mol. The molecule has 168 valence electrons. The number of nitrogens with zero attached hydrogens (tertiary/aromatic N) is 1. The van der Waals surface area contributed by atoms with Gasteiger partial charge in [0.25, 0.3) is 0 Å². The van der Waals surface area contributed by atoms with E-state index < -0.39 is 0 Å². The van der Waals surface area contributed by atoms with E-state index in [4.69, 9.17) is 18.9 Å². The summed E-state index contributed by atoms with van der Waals surface area (Å²) in [5.74, 6) is 2.95. The van der Waals surface area contributed by atoms with Crippen LogP contribution in [0.5, 0.6) is 23.0 Å². The summed E-state index contributed by atoms with van der Waals surface area (Å²) in [4.78, 5) is 15.5. The van der Waals surface area contributed by atoms with Gasteiger partial charge in [0, 0.05) is 36.2 Å². The molecule has 0 aliphatic carbocycles. The predicted molar refractivity (Wildman–Crippen MR) is 121 cm³/mol. The third-order valence-corrected chi connectivity index (χ3v) is 5.55. The maximum Gasteiger partial charge on any atom is 0.167 e. The minimum atomic E-state index is -0.0332. The molecule has 0 N–H and O–H groups in total. The Morgan fingerprint density at radius 3 is 2.42 bits per heavy atom. The summed E-state index contributed by atoms with van der Waals surface area (Å²) in [6.45, 7) is 6.30. The molecule has 3 rings (SSSR count). The number of ketones is 1. The highest BCUT2D eigenvalue weighted by atomic mass is 16.5. The lowest BCUT2D eigenvalue weighted by Gasteiger charge is -2.32. The highest BCUT2D eigenvalue weighted by Crippen LogP contribution is 2.36. The van der Waals surface area contributed by atoms with Crippen molar-refractivity contribution in [3.05, 3.63) is 47.5 Å². The van der Waals surface area contributed by atoms with Gasteiger partial charge in [-0.05, 0) is 51.4 Å². The molecule has 1 atom stereocenters. The Labute approximate surface area is 185 Å². The van der Waals surface area contributed by atoms with Crippen molar-refractivity contribution < 1.29 is 23.7 Å². The lowest BCUT2D eigenvalue weighted by atomic mass is 9.89. The highest BCUT2D eigenvalue weighted by Gasteiger charge is 2.27. The number of carbonyl (C=O) groups excluding carboxylic acids is 1. The monoisotopic (exact) mass is 427 g/mol. The van der Waals surface area contributed by atoms with Crippen LogP contribution in [0.4, 0.5) is 0 Å². The second-order valence-electron chi connectivity index (χ2n) is 8.15. The molecule has 6 nitrogen and oxygen atoms in total. The van der Waals surface area contributed by atoms with E-state index in [9.17, 15) is 4.79 Å². The van der Waals surface area contributed by atoms with Crippen molar-refractivity contribution in [2.45, 2.75) is 39.3 Å². The minimum Gasteiger partial charge on any atom is -0.496 e. The summed E-state index contributed by atoms with van der Waals surface area (Å²) in [6.07, 6.45) is 1.95. The smallest absolute Gasteiger partial charge is 0.167 e.